The molecule has 3 rings (SSSR count). The number of hydrogen-bond acceptors (Lipinski definition) is 6. The molecule has 3 aromatic rings. The minimum atomic E-state index is -0.497. The maximum Gasteiger partial charge on any atom is 0.340 e. The first-order valence-corrected chi connectivity index (χ1v) is 9.46. The zero-order valence-corrected chi connectivity index (χ0v) is 15.9. The van der Waals surface area contributed by atoms with Crippen LogP contribution in [-0.4, -0.2) is 23.5 Å². The lowest BCUT2D eigenvalue weighted by atomic mass is 10.0. The molecule has 2 heterocycles. The van der Waals surface area contributed by atoms with Gasteiger partial charge in [0, 0.05) is 11.5 Å². The molecular weight excluding hydrogens is 362 g/mol. The standard InChI is InChI=1S/C21H19NO4S/c1-3-25-21(24)20-14(2)16-6-4-5-7-17(16)22-18(20)12-26-19(23)9-8-15-10-11-27-13-15/h4-11,13H,3,12H2,1-2H3/b9-8+. The van der Waals surface area contributed by atoms with Crippen LogP contribution in [0.3, 0.4) is 0 Å². The fourth-order valence-electron chi connectivity index (χ4n) is 2.74. The summed E-state index contributed by atoms with van der Waals surface area (Å²) >= 11 is 1.55. The Hall–Kier alpha value is -2.99. The predicted molar refractivity (Wildman–Crippen MR) is 106 cm³/mol. The molecule has 0 unspecified atom stereocenters. The Balaban J connectivity index is 1.86. The molecule has 0 fully saturated rings. The van der Waals surface area contributed by atoms with Crippen LogP contribution in [-0.2, 0) is 20.9 Å². The van der Waals surface area contributed by atoms with E-state index in [4.69, 9.17) is 9.47 Å². The number of aryl methyl sites for hydroxylation is 1. The second-order valence-corrected chi connectivity index (χ2v) is 6.57. The van der Waals surface area contributed by atoms with Crippen molar-refractivity contribution in [1.82, 2.24) is 4.98 Å². The molecule has 6 heteroatoms. The average molecular weight is 381 g/mol. The number of pyridine rings is 1. The van der Waals surface area contributed by atoms with E-state index in [0.29, 0.717) is 11.3 Å². The van der Waals surface area contributed by atoms with E-state index in [0.717, 1.165) is 22.0 Å². The molecule has 5 nitrogen and oxygen atoms in total. The number of esters is 2. The lowest BCUT2D eigenvalue weighted by Gasteiger charge is -2.13. The van der Waals surface area contributed by atoms with Crippen LogP contribution in [0.1, 0.15) is 34.1 Å². The van der Waals surface area contributed by atoms with Gasteiger partial charge >= 0.3 is 11.9 Å². The number of fused-ring (bicyclic) bond motifs is 1. The van der Waals surface area contributed by atoms with Gasteiger partial charge in [-0.25, -0.2) is 14.6 Å². The van der Waals surface area contributed by atoms with Gasteiger partial charge in [-0.2, -0.15) is 11.3 Å². The van der Waals surface area contributed by atoms with Crippen LogP contribution < -0.4 is 0 Å². The first-order chi connectivity index (χ1) is 13.1. The van der Waals surface area contributed by atoms with Crippen LogP contribution in [0.2, 0.25) is 0 Å². The van der Waals surface area contributed by atoms with Gasteiger partial charge in [0.15, 0.2) is 0 Å². The highest BCUT2D eigenvalue weighted by Gasteiger charge is 2.20. The molecule has 1 aromatic carbocycles. The normalized spacial score (nSPS) is 11.0. The third-order valence-corrected chi connectivity index (χ3v) is 4.71. The maximum atomic E-state index is 12.4. The lowest BCUT2D eigenvalue weighted by molar-refractivity contribution is -0.139. The number of thiophene rings is 1. The van der Waals surface area contributed by atoms with Crippen LogP contribution in [0.25, 0.3) is 17.0 Å². The first-order valence-electron chi connectivity index (χ1n) is 8.52. The smallest absolute Gasteiger partial charge is 0.340 e. The van der Waals surface area contributed by atoms with Crippen LogP contribution in [0.15, 0.2) is 47.2 Å². The monoisotopic (exact) mass is 381 g/mol. The van der Waals surface area contributed by atoms with Crippen molar-refractivity contribution in [3.05, 3.63) is 69.6 Å². The summed E-state index contributed by atoms with van der Waals surface area (Å²) in [5, 5.41) is 4.72. The molecule has 0 aliphatic heterocycles. The summed E-state index contributed by atoms with van der Waals surface area (Å²) < 4.78 is 10.5. The number of carbonyl (C=O) groups is 2. The number of benzene rings is 1. The number of para-hydroxylation sites is 1. The Bertz CT molecular complexity index is 993. The van der Waals surface area contributed by atoms with Crippen molar-refractivity contribution >= 4 is 40.3 Å². The molecule has 0 amide bonds. The highest BCUT2D eigenvalue weighted by atomic mass is 32.1. The number of hydrogen-bond donors (Lipinski definition) is 0. The Morgan fingerprint density at radius 1 is 1.19 bits per heavy atom. The van der Waals surface area contributed by atoms with Crippen LogP contribution in [0, 0.1) is 6.92 Å². The number of ether oxygens (including phenoxy) is 2. The van der Waals surface area contributed by atoms with Crippen LogP contribution >= 0.6 is 11.3 Å². The quantitative estimate of drug-likeness (QED) is 0.463. The van der Waals surface area contributed by atoms with E-state index < -0.39 is 11.9 Å². The van der Waals surface area contributed by atoms with E-state index in [1.54, 1.807) is 24.3 Å². The van der Waals surface area contributed by atoms with Crippen LogP contribution in [0.4, 0.5) is 0 Å². The fraction of sp³-hybridized carbons (Fsp3) is 0.190. The number of carbonyl (C=O) groups excluding carboxylic acids is 2. The Morgan fingerprint density at radius 3 is 2.74 bits per heavy atom. The predicted octanol–water partition coefficient (Wildman–Crippen LogP) is 4.54. The zero-order valence-electron chi connectivity index (χ0n) is 15.1. The molecule has 2 aromatic heterocycles. The summed E-state index contributed by atoms with van der Waals surface area (Å²) in [4.78, 5) is 29.0. The topological polar surface area (TPSA) is 65.5 Å². The van der Waals surface area contributed by atoms with E-state index in [9.17, 15) is 9.59 Å². The van der Waals surface area contributed by atoms with Crippen molar-refractivity contribution in [1.29, 1.82) is 0 Å². The third kappa shape index (κ3) is 4.41. The van der Waals surface area contributed by atoms with Gasteiger partial charge in [0.25, 0.3) is 0 Å². The summed E-state index contributed by atoms with van der Waals surface area (Å²) in [5.41, 5.74) is 3.18. The largest absolute Gasteiger partial charge is 0.462 e. The molecule has 0 saturated heterocycles. The van der Waals surface area contributed by atoms with Crippen molar-refractivity contribution in [2.45, 2.75) is 20.5 Å². The summed E-state index contributed by atoms with van der Waals surface area (Å²) in [5.74, 6) is -0.961. The van der Waals surface area contributed by atoms with Gasteiger partial charge in [0.2, 0.25) is 0 Å². The van der Waals surface area contributed by atoms with Gasteiger partial charge in [-0.05, 0) is 53.9 Å². The second kappa shape index (κ2) is 8.60. The molecule has 0 spiro atoms. The van der Waals surface area contributed by atoms with Crippen molar-refractivity contribution < 1.29 is 19.1 Å². The maximum absolute atomic E-state index is 12.4. The first kappa shape index (κ1) is 18.8. The van der Waals surface area contributed by atoms with Gasteiger partial charge in [-0.3, -0.25) is 0 Å². The van der Waals surface area contributed by atoms with Crippen molar-refractivity contribution in [2.75, 3.05) is 6.61 Å². The summed E-state index contributed by atoms with van der Waals surface area (Å²) in [6, 6.07) is 9.43. The van der Waals surface area contributed by atoms with Gasteiger partial charge in [-0.15, -0.1) is 0 Å². The van der Waals surface area contributed by atoms with Crippen molar-refractivity contribution in [3.8, 4) is 0 Å². The van der Waals surface area contributed by atoms with Gasteiger partial charge in [-0.1, -0.05) is 18.2 Å². The van der Waals surface area contributed by atoms with Crippen molar-refractivity contribution in [2.24, 2.45) is 0 Å². The SMILES string of the molecule is CCOC(=O)c1c(COC(=O)/C=C/c2ccsc2)nc2ccccc2c1C. The van der Waals surface area contributed by atoms with E-state index >= 15 is 0 Å². The molecule has 0 atom stereocenters. The summed E-state index contributed by atoms with van der Waals surface area (Å²) in [7, 11) is 0. The zero-order chi connectivity index (χ0) is 19.2. The summed E-state index contributed by atoms with van der Waals surface area (Å²) in [6.45, 7) is 3.75. The molecular formula is C21H19NO4S. The minimum Gasteiger partial charge on any atom is -0.462 e. The van der Waals surface area contributed by atoms with Crippen molar-refractivity contribution in [3.63, 3.8) is 0 Å². The van der Waals surface area contributed by atoms with E-state index in [-0.39, 0.29) is 13.2 Å². The molecule has 0 saturated carbocycles. The highest BCUT2D eigenvalue weighted by Crippen LogP contribution is 2.24. The lowest BCUT2D eigenvalue weighted by Crippen LogP contribution is -2.14. The highest BCUT2D eigenvalue weighted by molar-refractivity contribution is 7.08. The minimum absolute atomic E-state index is 0.105. The molecule has 27 heavy (non-hydrogen) atoms. The molecule has 0 aliphatic carbocycles. The Kier molecular flexibility index (Phi) is 5.98. The number of rotatable bonds is 6. The van der Waals surface area contributed by atoms with E-state index in [2.05, 4.69) is 4.98 Å². The van der Waals surface area contributed by atoms with Gasteiger partial charge in [0.1, 0.15) is 6.61 Å². The average Bonchev–Trinajstić information content (AvgIpc) is 3.18. The van der Waals surface area contributed by atoms with E-state index in [1.807, 2.05) is 48.0 Å². The Labute approximate surface area is 161 Å². The third-order valence-electron chi connectivity index (χ3n) is 4.01. The number of nitrogens with zero attached hydrogens (tertiary/aromatic N) is 1. The fourth-order valence-corrected chi connectivity index (χ4v) is 3.37. The number of aromatic nitrogens is 1. The van der Waals surface area contributed by atoms with Crippen LogP contribution in [0.5, 0.6) is 0 Å². The molecule has 0 bridgehead atoms. The molecule has 0 aliphatic rings. The summed E-state index contributed by atoms with van der Waals surface area (Å²) in [6.07, 6.45) is 3.05. The molecule has 0 N–H and O–H groups in total. The van der Waals surface area contributed by atoms with Gasteiger partial charge in [0.05, 0.1) is 23.4 Å². The Morgan fingerprint density at radius 2 is 2.00 bits per heavy atom. The van der Waals surface area contributed by atoms with E-state index in [1.165, 1.54) is 6.08 Å². The molecule has 0 radical (unpaired) electrons. The van der Waals surface area contributed by atoms with Gasteiger partial charge < -0.3 is 9.47 Å². The molecule has 138 valence electrons. The second-order valence-electron chi connectivity index (χ2n) is 5.79.